The summed E-state index contributed by atoms with van der Waals surface area (Å²) in [6.45, 7) is 0. The van der Waals surface area contributed by atoms with Gasteiger partial charge in [0.2, 0.25) is 5.75 Å². The molecule has 0 aliphatic rings. The van der Waals surface area contributed by atoms with Crippen LogP contribution in [0.4, 0.5) is 5.69 Å². The molecule has 7 heteroatoms. The maximum atomic E-state index is 12.7. The Kier molecular flexibility index (Phi) is 5.26. The lowest BCUT2D eigenvalue weighted by atomic mass is 10.1. The molecule has 0 fully saturated rings. The zero-order valence-corrected chi connectivity index (χ0v) is 16.9. The van der Waals surface area contributed by atoms with Gasteiger partial charge in [0.1, 0.15) is 6.33 Å². The number of methoxy groups -OCH3 is 3. The van der Waals surface area contributed by atoms with Gasteiger partial charge in [0.15, 0.2) is 11.5 Å². The lowest BCUT2D eigenvalue weighted by molar-refractivity contribution is 0.102. The van der Waals surface area contributed by atoms with Crippen molar-refractivity contribution in [2.24, 2.45) is 0 Å². The first-order valence-corrected chi connectivity index (χ1v) is 9.28. The molecule has 0 radical (unpaired) electrons. The number of carbonyl (C=O) groups is 1. The van der Waals surface area contributed by atoms with E-state index < -0.39 is 0 Å². The highest BCUT2D eigenvalue weighted by Gasteiger charge is 2.15. The first-order chi connectivity index (χ1) is 14.6. The van der Waals surface area contributed by atoms with Crippen molar-refractivity contribution >= 4 is 22.6 Å². The van der Waals surface area contributed by atoms with Crippen LogP contribution in [0.15, 0.2) is 67.0 Å². The summed E-state index contributed by atoms with van der Waals surface area (Å²) in [5.74, 6) is 1.16. The van der Waals surface area contributed by atoms with E-state index in [2.05, 4.69) is 10.3 Å². The Balaban J connectivity index is 1.57. The van der Waals surface area contributed by atoms with Crippen LogP contribution in [0.3, 0.4) is 0 Å². The lowest BCUT2D eigenvalue weighted by Crippen LogP contribution is -2.12. The normalized spacial score (nSPS) is 10.6. The van der Waals surface area contributed by atoms with Crippen molar-refractivity contribution in [2.45, 2.75) is 0 Å². The molecule has 3 aromatic carbocycles. The number of fused-ring (bicyclic) bond motifs is 1. The average molecular weight is 403 g/mol. The molecule has 152 valence electrons. The Morgan fingerprint density at radius 2 is 1.57 bits per heavy atom. The van der Waals surface area contributed by atoms with E-state index in [-0.39, 0.29) is 5.91 Å². The van der Waals surface area contributed by atoms with Crippen LogP contribution in [0.5, 0.6) is 17.2 Å². The van der Waals surface area contributed by atoms with Crippen molar-refractivity contribution < 1.29 is 19.0 Å². The number of benzene rings is 3. The van der Waals surface area contributed by atoms with E-state index in [1.165, 1.54) is 21.3 Å². The number of imidazole rings is 1. The molecule has 1 heterocycles. The van der Waals surface area contributed by atoms with Crippen LogP contribution < -0.4 is 19.5 Å². The molecule has 0 spiro atoms. The molecular formula is C23H21N3O4. The SMILES string of the molecule is COc1cc(NC(=O)c2ccc(-n3cnc4ccccc43)cc2)cc(OC)c1OC. The smallest absolute Gasteiger partial charge is 0.255 e. The first-order valence-electron chi connectivity index (χ1n) is 9.28. The van der Waals surface area contributed by atoms with Crippen molar-refractivity contribution in [3.63, 3.8) is 0 Å². The van der Waals surface area contributed by atoms with E-state index in [4.69, 9.17) is 14.2 Å². The van der Waals surface area contributed by atoms with Crippen molar-refractivity contribution in [3.05, 3.63) is 72.6 Å². The van der Waals surface area contributed by atoms with Gasteiger partial charge in [-0.25, -0.2) is 4.98 Å². The number of nitrogens with zero attached hydrogens (tertiary/aromatic N) is 2. The number of amides is 1. The summed E-state index contributed by atoms with van der Waals surface area (Å²) in [4.78, 5) is 17.1. The van der Waals surface area contributed by atoms with Crippen LogP contribution in [-0.2, 0) is 0 Å². The number of carbonyl (C=O) groups excluding carboxylic acids is 1. The molecule has 7 nitrogen and oxygen atoms in total. The van der Waals surface area contributed by atoms with Crippen molar-refractivity contribution in [3.8, 4) is 22.9 Å². The minimum Gasteiger partial charge on any atom is -0.493 e. The van der Waals surface area contributed by atoms with Crippen LogP contribution >= 0.6 is 0 Å². The quantitative estimate of drug-likeness (QED) is 0.519. The Labute approximate surface area is 173 Å². The van der Waals surface area contributed by atoms with Gasteiger partial charge >= 0.3 is 0 Å². The molecule has 0 unspecified atom stereocenters. The zero-order valence-electron chi connectivity index (χ0n) is 16.9. The minimum atomic E-state index is -0.244. The second-order valence-electron chi connectivity index (χ2n) is 6.52. The Hall–Kier alpha value is -4.00. The Morgan fingerprint density at radius 3 is 2.20 bits per heavy atom. The van der Waals surface area contributed by atoms with Gasteiger partial charge in [0.25, 0.3) is 5.91 Å². The molecule has 30 heavy (non-hydrogen) atoms. The van der Waals surface area contributed by atoms with Crippen molar-refractivity contribution in [1.29, 1.82) is 0 Å². The van der Waals surface area contributed by atoms with Crippen LogP contribution in [0.25, 0.3) is 16.7 Å². The third-order valence-corrected chi connectivity index (χ3v) is 4.78. The van der Waals surface area contributed by atoms with Gasteiger partial charge < -0.3 is 19.5 Å². The summed E-state index contributed by atoms with van der Waals surface area (Å²) in [6, 6.07) is 18.6. The van der Waals surface area contributed by atoms with E-state index in [0.29, 0.717) is 28.5 Å². The summed E-state index contributed by atoms with van der Waals surface area (Å²) in [6.07, 6.45) is 1.77. The molecule has 0 saturated heterocycles. The van der Waals surface area contributed by atoms with Crippen molar-refractivity contribution in [1.82, 2.24) is 9.55 Å². The molecule has 0 bridgehead atoms. The molecule has 0 saturated carbocycles. The van der Waals surface area contributed by atoms with E-state index >= 15 is 0 Å². The molecular weight excluding hydrogens is 382 g/mol. The maximum Gasteiger partial charge on any atom is 0.255 e. The number of aromatic nitrogens is 2. The van der Waals surface area contributed by atoms with Crippen LogP contribution in [0.2, 0.25) is 0 Å². The Bertz CT molecular complexity index is 1170. The first kappa shape index (κ1) is 19.3. The van der Waals surface area contributed by atoms with Crippen LogP contribution in [-0.4, -0.2) is 36.8 Å². The van der Waals surface area contributed by atoms with Gasteiger partial charge in [-0.05, 0) is 36.4 Å². The third-order valence-electron chi connectivity index (χ3n) is 4.78. The number of anilines is 1. The van der Waals surface area contributed by atoms with Crippen LogP contribution in [0, 0.1) is 0 Å². The second-order valence-corrected chi connectivity index (χ2v) is 6.52. The van der Waals surface area contributed by atoms with Crippen LogP contribution in [0.1, 0.15) is 10.4 Å². The maximum absolute atomic E-state index is 12.7. The lowest BCUT2D eigenvalue weighted by Gasteiger charge is -2.14. The summed E-state index contributed by atoms with van der Waals surface area (Å²) in [7, 11) is 4.59. The highest BCUT2D eigenvalue weighted by molar-refractivity contribution is 6.04. The fourth-order valence-corrected chi connectivity index (χ4v) is 3.29. The van der Waals surface area contributed by atoms with E-state index in [1.807, 2.05) is 41.0 Å². The van der Waals surface area contributed by atoms with Gasteiger partial charge in [-0.3, -0.25) is 9.36 Å². The van der Waals surface area contributed by atoms with E-state index in [1.54, 1.807) is 30.6 Å². The highest BCUT2D eigenvalue weighted by atomic mass is 16.5. The van der Waals surface area contributed by atoms with Gasteiger partial charge in [-0.1, -0.05) is 12.1 Å². The second kappa shape index (κ2) is 8.16. The minimum absolute atomic E-state index is 0.244. The number of hydrogen-bond acceptors (Lipinski definition) is 5. The average Bonchev–Trinajstić information content (AvgIpc) is 3.22. The topological polar surface area (TPSA) is 74.6 Å². The summed E-state index contributed by atoms with van der Waals surface area (Å²) >= 11 is 0. The van der Waals surface area contributed by atoms with Gasteiger partial charge in [0.05, 0.1) is 32.4 Å². The highest BCUT2D eigenvalue weighted by Crippen LogP contribution is 2.40. The molecule has 0 aliphatic heterocycles. The van der Waals surface area contributed by atoms with Crippen molar-refractivity contribution in [2.75, 3.05) is 26.6 Å². The fourth-order valence-electron chi connectivity index (χ4n) is 3.29. The van der Waals surface area contributed by atoms with Gasteiger partial charge in [-0.2, -0.15) is 0 Å². The summed E-state index contributed by atoms with van der Waals surface area (Å²) in [5, 5.41) is 2.87. The molecule has 0 aliphatic carbocycles. The number of hydrogen-bond donors (Lipinski definition) is 1. The van der Waals surface area contributed by atoms with Gasteiger partial charge in [-0.15, -0.1) is 0 Å². The molecule has 1 aromatic heterocycles. The zero-order chi connectivity index (χ0) is 21.1. The van der Waals surface area contributed by atoms with E-state index in [0.717, 1.165) is 16.7 Å². The number of para-hydroxylation sites is 2. The summed E-state index contributed by atoms with van der Waals surface area (Å²) in [5.41, 5.74) is 3.91. The molecule has 0 atom stereocenters. The van der Waals surface area contributed by atoms with E-state index in [9.17, 15) is 4.79 Å². The fraction of sp³-hybridized carbons (Fsp3) is 0.130. The molecule has 4 aromatic rings. The van der Waals surface area contributed by atoms with Gasteiger partial charge in [0, 0.05) is 29.1 Å². The number of rotatable bonds is 6. The number of ether oxygens (including phenoxy) is 3. The molecule has 4 rings (SSSR count). The number of nitrogens with one attached hydrogen (secondary N) is 1. The Morgan fingerprint density at radius 1 is 0.900 bits per heavy atom. The monoisotopic (exact) mass is 403 g/mol. The third kappa shape index (κ3) is 3.53. The summed E-state index contributed by atoms with van der Waals surface area (Å²) < 4.78 is 18.0. The predicted octanol–water partition coefficient (Wildman–Crippen LogP) is 4.30. The molecule has 1 N–H and O–H groups in total. The molecule has 1 amide bonds. The predicted molar refractivity (Wildman–Crippen MR) is 115 cm³/mol. The largest absolute Gasteiger partial charge is 0.493 e. The standard InChI is InChI=1S/C23H21N3O4/c1-28-20-12-16(13-21(29-2)22(20)30-3)25-23(27)15-8-10-17(11-9-15)26-14-24-18-6-4-5-7-19(18)26/h4-14H,1-3H3,(H,25,27).